The molecule has 0 saturated carbocycles. The first kappa shape index (κ1) is 19.3. The predicted molar refractivity (Wildman–Crippen MR) is 106 cm³/mol. The summed E-state index contributed by atoms with van der Waals surface area (Å²) in [5, 5.41) is 3.55. The fourth-order valence-corrected chi connectivity index (χ4v) is 3.48. The molecule has 0 bridgehead atoms. The number of rotatable bonds is 2. The van der Waals surface area contributed by atoms with Crippen molar-refractivity contribution in [3.63, 3.8) is 0 Å². The number of nitrogens with one attached hydrogen (secondary N) is 1. The van der Waals surface area contributed by atoms with Crippen LogP contribution in [0.25, 0.3) is 11.0 Å². The molecule has 1 fully saturated rings. The summed E-state index contributed by atoms with van der Waals surface area (Å²) in [6.45, 7) is 10.6. The molecule has 1 aliphatic heterocycles. The lowest BCUT2D eigenvalue weighted by Crippen LogP contribution is -2.55. The van der Waals surface area contributed by atoms with E-state index in [2.05, 4.69) is 16.8 Å². The standard InChI is InChI=1S/C19H29N5O3/c1-13-7-8-14-16(21(5)17(25)20-14)15(13)23-9-11-24(12-10-23)22(6)18(26)27-19(2,3)4/h7-8H,9-12H2,1-6H3,(H,20,25). The summed E-state index contributed by atoms with van der Waals surface area (Å²) in [4.78, 5) is 29.5. The molecule has 1 aromatic heterocycles. The van der Waals surface area contributed by atoms with Gasteiger partial charge in [-0.05, 0) is 39.3 Å². The lowest BCUT2D eigenvalue weighted by molar-refractivity contribution is -0.0396. The number of amides is 1. The lowest BCUT2D eigenvalue weighted by Gasteiger charge is -2.41. The Bertz CT molecular complexity index is 900. The van der Waals surface area contributed by atoms with Crippen molar-refractivity contribution in [2.45, 2.75) is 33.3 Å². The number of imidazole rings is 1. The first-order valence-electron chi connectivity index (χ1n) is 9.23. The van der Waals surface area contributed by atoms with Crippen molar-refractivity contribution in [3.8, 4) is 0 Å². The SMILES string of the molecule is Cc1ccc2[nH]c(=O)n(C)c2c1N1CCN(N(C)C(=O)OC(C)(C)C)CC1. The number of H-pyrrole nitrogens is 1. The molecule has 0 atom stereocenters. The van der Waals surface area contributed by atoms with E-state index in [0.29, 0.717) is 13.1 Å². The zero-order valence-electron chi connectivity index (χ0n) is 17.0. The number of hydrazine groups is 1. The number of carbonyl (C=O) groups excluding carboxylic acids is 1. The number of fused-ring (bicyclic) bond motifs is 1. The number of aryl methyl sites for hydroxylation is 2. The molecule has 0 spiro atoms. The van der Waals surface area contributed by atoms with E-state index in [0.717, 1.165) is 35.4 Å². The van der Waals surface area contributed by atoms with Gasteiger partial charge in [-0.25, -0.2) is 19.6 Å². The molecular weight excluding hydrogens is 346 g/mol. The highest BCUT2D eigenvalue weighted by molar-refractivity contribution is 5.91. The Morgan fingerprint density at radius 1 is 1.19 bits per heavy atom. The molecule has 3 rings (SSSR count). The Morgan fingerprint density at radius 3 is 2.41 bits per heavy atom. The molecule has 148 valence electrons. The molecule has 27 heavy (non-hydrogen) atoms. The normalized spacial score (nSPS) is 16.0. The first-order valence-corrected chi connectivity index (χ1v) is 9.23. The van der Waals surface area contributed by atoms with Crippen LogP contribution in [0.2, 0.25) is 0 Å². The third kappa shape index (κ3) is 3.80. The minimum atomic E-state index is -0.515. The highest BCUT2D eigenvalue weighted by Gasteiger charge is 2.28. The Balaban J connectivity index is 1.77. The van der Waals surface area contributed by atoms with Crippen LogP contribution in [0, 0.1) is 6.92 Å². The molecule has 2 heterocycles. The number of aromatic nitrogens is 2. The fraction of sp³-hybridized carbons (Fsp3) is 0.579. The van der Waals surface area contributed by atoms with Gasteiger partial charge in [0.05, 0.1) is 16.7 Å². The summed E-state index contributed by atoms with van der Waals surface area (Å²) in [5.41, 5.74) is 3.35. The van der Waals surface area contributed by atoms with Crippen LogP contribution in [0.4, 0.5) is 10.5 Å². The molecule has 1 aliphatic rings. The van der Waals surface area contributed by atoms with Crippen molar-refractivity contribution in [2.75, 3.05) is 38.1 Å². The number of anilines is 1. The maximum atomic E-state index is 12.3. The van der Waals surface area contributed by atoms with Gasteiger partial charge in [0.2, 0.25) is 0 Å². The van der Waals surface area contributed by atoms with Gasteiger partial charge in [0.15, 0.2) is 0 Å². The van der Waals surface area contributed by atoms with Crippen LogP contribution in [0.1, 0.15) is 26.3 Å². The smallest absolute Gasteiger partial charge is 0.424 e. The molecular formula is C19H29N5O3. The molecule has 1 amide bonds. The summed E-state index contributed by atoms with van der Waals surface area (Å²) in [7, 11) is 3.53. The van der Waals surface area contributed by atoms with E-state index in [1.807, 2.05) is 37.9 Å². The van der Waals surface area contributed by atoms with Gasteiger partial charge < -0.3 is 14.6 Å². The summed E-state index contributed by atoms with van der Waals surface area (Å²) >= 11 is 0. The average molecular weight is 375 g/mol. The molecule has 0 aliphatic carbocycles. The van der Waals surface area contributed by atoms with Crippen molar-refractivity contribution >= 4 is 22.8 Å². The van der Waals surface area contributed by atoms with E-state index >= 15 is 0 Å². The van der Waals surface area contributed by atoms with Gasteiger partial charge in [-0.2, -0.15) is 0 Å². The monoisotopic (exact) mass is 375 g/mol. The molecule has 8 nitrogen and oxygen atoms in total. The zero-order chi connectivity index (χ0) is 19.9. The zero-order valence-corrected chi connectivity index (χ0v) is 17.0. The molecule has 2 aromatic rings. The van der Waals surface area contributed by atoms with Crippen LogP contribution in [0.3, 0.4) is 0 Å². The summed E-state index contributed by atoms with van der Waals surface area (Å²) in [5.74, 6) is 0. The van der Waals surface area contributed by atoms with E-state index in [9.17, 15) is 9.59 Å². The summed E-state index contributed by atoms with van der Waals surface area (Å²) in [6.07, 6.45) is -0.345. The highest BCUT2D eigenvalue weighted by atomic mass is 16.6. The molecule has 8 heteroatoms. The van der Waals surface area contributed by atoms with E-state index in [1.165, 1.54) is 0 Å². The number of nitrogens with zero attached hydrogens (tertiary/aromatic N) is 4. The van der Waals surface area contributed by atoms with Gasteiger partial charge in [0.25, 0.3) is 0 Å². The van der Waals surface area contributed by atoms with Gasteiger partial charge in [0.1, 0.15) is 5.60 Å². The molecule has 0 radical (unpaired) electrons. The molecule has 1 aromatic carbocycles. The largest absolute Gasteiger partial charge is 0.443 e. The average Bonchev–Trinajstić information content (AvgIpc) is 2.88. The van der Waals surface area contributed by atoms with Crippen LogP contribution in [0.5, 0.6) is 0 Å². The van der Waals surface area contributed by atoms with Crippen LogP contribution in [0.15, 0.2) is 16.9 Å². The van der Waals surface area contributed by atoms with Crippen molar-refractivity contribution in [3.05, 3.63) is 28.2 Å². The van der Waals surface area contributed by atoms with Crippen LogP contribution in [-0.2, 0) is 11.8 Å². The third-order valence-corrected chi connectivity index (χ3v) is 4.89. The Hall–Kier alpha value is -2.48. The van der Waals surface area contributed by atoms with Crippen molar-refractivity contribution in [1.82, 2.24) is 19.6 Å². The minimum absolute atomic E-state index is 0.111. The van der Waals surface area contributed by atoms with Crippen LogP contribution >= 0.6 is 0 Å². The van der Waals surface area contributed by atoms with E-state index < -0.39 is 5.60 Å². The topological polar surface area (TPSA) is 73.8 Å². The minimum Gasteiger partial charge on any atom is -0.443 e. The van der Waals surface area contributed by atoms with Crippen molar-refractivity contribution < 1.29 is 9.53 Å². The lowest BCUT2D eigenvalue weighted by atomic mass is 10.1. The number of carbonyl (C=O) groups is 1. The Morgan fingerprint density at radius 2 is 1.81 bits per heavy atom. The number of piperazine rings is 1. The second-order valence-corrected chi connectivity index (χ2v) is 8.06. The number of hydrogen-bond donors (Lipinski definition) is 1. The number of aromatic amines is 1. The summed E-state index contributed by atoms with van der Waals surface area (Å²) < 4.78 is 7.11. The summed E-state index contributed by atoms with van der Waals surface area (Å²) in [6, 6.07) is 3.98. The Kier molecular flexibility index (Phi) is 4.94. The van der Waals surface area contributed by atoms with Gasteiger partial charge >= 0.3 is 11.8 Å². The third-order valence-electron chi connectivity index (χ3n) is 4.89. The molecule has 1 N–H and O–H groups in total. The number of hydrogen-bond acceptors (Lipinski definition) is 5. The van der Waals surface area contributed by atoms with E-state index in [-0.39, 0.29) is 11.8 Å². The van der Waals surface area contributed by atoms with Crippen LogP contribution < -0.4 is 10.6 Å². The van der Waals surface area contributed by atoms with Crippen LogP contribution in [-0.4, -0.2) is 64.5 Å². The van der Waals surface area contributed by atoms with E-state index in [1.54, 1.807) is 23.7 Å². The van der Waals surface area contributed by atoms with Gasteiger partial charge in [0, 0.05) is 40.3 Å². The first-order chi connectivity index (χ1) is 12.6. The van der Waals surface area contributed by atoms with Crippen molar-refractivity contribution in [2.24, 2.45) is 7.05 Å². The predicted octanol–water partition coefficient (Wildman–Crippen LogP) is 2.08. The number of ether oxygens (including phenoxy) is 1. The van der Waals surface area contributed by atoms with Gasteiger partial charge in [-0.3, -0.25) is 4.57 Å². The number of benzene rings is 1. The maximum absolute atomic E-state index is 12.3. The van der Waals surface area contributed by atoms with Gasteiger partial charge in [-0.1, -0.05) is 6.07 Å². The second kappa shape index (κ2) is 6.92. The van der Waals surface area contributed by atoms with E-state index in [4.69, 9.17) is 4.74 Å². The van der Waals surface area contributed by atoms with Crippen molar-refractivity contribution in [1.29, 1.82) is 0 Å². The fourth-order valence-electron chi connectivity index (χ4n) is 3.48. The molecule has 0 unspecified atom stereocenters. The molecule has 1 saturated heterocycles. The highest BCUT2D eigenvalue weighted by Crippen LogP contribution is 2.30. The van der Waals surface area contributed by atoms with Gasteiger partial charge in [-0.15, -0.1) is 0 Å². The quantitative estimate of drug-likeness (QED) is 0.870. The maximum Gasteiger partial charge on any atom is 0.424 e. The second-order valence-electron chi connectivity index (χ2n) is 8.06. The Labute approximate surface area is 159 Å².